The Kier molecular flexibility index (Phi) is 6.54. The number of carbonyl (C=O) groups excluding carboxylic acids is 2. The summed E-state index contributed by atoms with van der Waals surface area (Å²) in [6.07, 6.45) is 2.92. The van der Waals surface area contributed by atoms with Gasteiger partial charge in [0.25, 0.3) is 5.91 Å². The van der Waals surface area contributed by atoms with Crippen molar-refractivity contribution < 1.29 is 22.7 Å². The van der Waals surface area contributed by atoms with E-state index in [0.717, 1.165) is 30.0 Å². The fraction of sp³-hybridized carbons (Fsp3) is 0.429. The van der Waals surface area contributed by atoms with E-state index in [4.69, 9.17) is 4.74 Å². The first-order chi connectivity index (χ1) is 13.8. The number of hydrogen-bond acceptors (Lipinski definition) is 5. The predicted octanol–water partition coefficient (Wildman–Crippen LogP) is 2.45. The molecule has 0 saturated carbocycles. The number of sulfonamides is 1. The molecule has 3 rings (SSSR count). The van der Waals surface area contributed by atoms with E-state index in [1.807, 2.05) is 38.1 Å². The number of nitrogens with one attached hydrogen (secondary N) is 1. The fourth-order valence-corrected chi connectivity index (χ4v) is 4.76. The summed E-state index contributed by atoms with van der Waals surface area (Å²) >= 11 is 0. The monoisotopic (exact) mass is 418 g/mol. The van der Waals surface area contributed by atoms with Crippen LogP contribution in [0.5, 0.6) is 0 Å². The zero-order valence-electron chi connectivity index (χ0n) is 16.6. The number of nitrogens with zero attached hydrogens (tertiary/aromatic N) is 1. The smallest absolute Gasteiger partial charge is 0.321 e. The molecule has 8 heteroatoms. The number of esters is 1. The molecule has 1 aliphatic heterocycles. The van der Waals surface area contributed by atoms with Crippen LogP contribution in [0.1, 0.15) is 33.1 Å². The summed E-state index contributed by atoms with van der Waals surface area (Å²) in [5, 5.41) is 1.71. The van der Waals surface area contributed by atoms with Gasteiger partial charge in [-0.2, -0.15) is 4.72 Å². The van der Waals surface area contributed by atoms with Gasteiger partial charge in [0, 0.05) is 12.1 Å². The topological polar surface area (TPSA) is 92.8 Å². The molecule has 2 atom stereocenters. The lowest BCUT2D eigenvalue weighted by Gasteiger charge is -2.38. The zero-order chi connectivity index (χ0) is 21.0. The largest absolute Gasteiger partial charge is 0.455 e. The van der Waals surface area contributed by atoms with Crippen LogP contribution in [0, 0.1) is 0 Å². The van der Waals surface area contributed by atoms with E-state index in [2.05, 4.69) is 4.72 Å². The van der Waals surface area contributed by atoms with Crippen molar-refractivity contribution in [3.63, 3.8) is 0 Å². The van der Waals surface area contributed by atoms with Crippen LogP contribution in [0.4, 0.5) is 0 Å². The summed E-state index contributed by atoms with van der Waals surface area (Å²) in [6.45, 7) is 3.04. The second-order valence-corrected chi connectivity index (χ2v) is 9.19. The highest BCUT2D eigenvalue weighted by atomic mass is 32.2. The van der Waals surface area contributed by atoms with Crippen molar-refractivity contribution in [3.05, 3.63) is 42.5 Å². The number of likely N-dealkylation sites (tertiary alicyclic amines) is 1. The van der Waals surface area contributed by atoms with Gasteiger partial charge in [0.05, 0.1) is 4.90 Å². The molecule has 2 aromatic carbocycles. The van der Waals surface area contributed by atoms with Crippen molar-refractivity contribution >= 4 is 32.7 Å². The maximum atomic E-state index is 12.5. The minimum atomic E-state index is -3.87. The molecule has 0 aliphatic carbocycles. The van der Waals surface area contributed by atoms with Crippen molar-refractivity contribution in [3.8, 4) is 0 Å². The Hall–Kier alpha value is -2.45. The lowest BCUT2D eigenvalue weighted by atomic mass is 9.97. The Labute approximate surface area is 171 Å². The predicted molar refractivity (Wildman–Crippen MR) is 110 cm³/mol. The van der Waals surface area contributed by atoms with Crippen molar-refractivity contribution in [2.75, 3.05) is 13.2 Å². The van der Waals surface area contributed by atoms with Crippen molar-refractivity contribution in [1.82, 2.24) is 9.62 Å². The number of benzene rings is 2. The molecule has 7 nitrogen and oxygen atoms in total. The number of piperidine rings is 1. The second kappa shape index (κ2) is 8.92. The third-order valence-electron chi connectivity index (χ3n) is 5.28. The Morgan fingerprint density at radius 3 is 2.41 bits per heavy atom. The Morgan fingerprint density at radius 1 is 1.07 bits per heavy atom. The van der Waals surface area contributed by atoms with E-state index in [1.165, 1.54) is 6.07 Å². The fourth-order valence-electron chi connectivity index (χ4n) is 3.75. The molecule has 0 bridgehead atoms. The van der Waals surface area contributed by atoms with E-state index in [-0.39, 0.29) is 29.5 Å². The van der Waals surface area contributed by atoms with Crippen LogP contribution in [0.2, 0.25) is 0 Å². The average Bonchev–Trinajstić information content (AvgIpc) is 2.70. The number of rotatable bonds is 6. The second-order valence-electron chi connectivity index (χ2n) is 7.42. The van der Waals surface area contributed by atoms with Gasteiger partial charge in [0.15, 0.2) is 6.61 Å². The van der Waals surface area contributed by atoms with Gasteiger partial charge >= 0.3 is 5.97 Å². The van der Waals surface area contributed by atoms with E-state index in [0.29, 0.717) is 0 Å². The van der Waals surface area contributed by atoms with Gasteiger partial charge in [0.1, 0.15) is 6.54 Å². The summed E-state index contributed by atoms with van der Waals surface area (Å²) in [4.78, 5) is 26.2. The van der Waals surface area contributed by atoms with Crippen LogP contribution in [-0.2, 0) is 24.3 Å². The van der Waals surface area contributed by atoms with E-state index < -0.39 is 22.5 Å². The molecule has 1 heterocycles. The number of amides is 1. The summed E-state index contributed by atoms with van der Waals surface area (Å²) in [5.41, 5.74) is 0. The highest BCUT2D eigenvalue weighted by Crippen LogP contribution is 2.22. The molecular formula is C21H26N2O5S. The Morgan fingerprint density at radius 2 is 1.72 bits per heavy atom. The van der Waals surface area contributed by atoms with Gasteiger partial charge in [-0.1, -0.05) is 30.3 Å². The third kappa shape index (κ3) is 5.13. The number of carbonyl (C=O) groups is 2. The van der Waals surface area contributed by atoms with Gasteiger partial charge in [-0.05, 0) is 56.0 Å². The van der Waals surface area contributed by atoms with Gasteiger partial charge in [-0.3, -0.25) is 9.59 Å². The van der Waals surface area contributed by atoms with Crippen molar-refractivity contribution in [2.24, 2.45) is 0 Å². The molecule has 1 fully saturated rings. The van der Waals surface area contributed by atoms with Gasteiger partial charge in [-0.25, -0.2) is 8.42 Å². The van der Waals surface area contributed by atoms with Crippen molar-refractivity contribution in [1.29, 1.82) is 0 Å². The molecule has 1 aliphatic rings. The van der Waals surface area contributed by atoms with Crippen LogP contribution < -0.4 is 4.72 Å². The molecule has 0 aromatic heterocycles. The first-order valence-electron chi connectivity index (χ1n) is 9.73. The summed E-state index contributed by atoms with van der Waals surface area (Å²) < 4.78 is 32.1. The molecule has 0 radical (unpaired) electrons. The number of fused-ring (bicyclic) bond motifs is 1. The summed E-state index contributed by atoms with van der Waals surface area (Å²) in [5.74, 6) is -1.05. The lowest BCUT2D eigenvalue weighted by Crippen LogP contribution is -2.49. The standard InChI is InChI=1S/C21H26N2O5S/c1-15-6-5-7-16(2)23(15)20(24)14-28-21(25)13-22-29(26,27)19-11-10-17-8-3-4-9-18(17)12-19/h3-4,8-12,15-16,22H,5-7,13-14H2,1-2H3/t15-,16-/m1/s1. The van der Waals surface area contributed by atoms with Crippen LogP contribution in [-0.4, -0.2) is 50.4 Å². The minimum absolute atomic E-state index is 0.0658. The maximum Gasteiger partial charge on any atom is 0.321 e. The molecule has 156 valence electrons. The van der Waals surface area contributed by atoms with E-state index >= 15 is 0 Å². The normalized spacial score (nSPS) is 19.9. The van der Waals surface area contributed by atoms with Gasteiger partial charge in [-0.15, -0.1) is 0 Å². The third-order valence-corrected chi connectivity index (χ3v) is 6.67. The first-order valence-corrected chi connectivity index (χ1v) is 11.2. The molecule has 0 unspecified atom stereocenters. The summed E-state index contributed by atoms with van der Waals surface area (Å²) in [6, 6.07) is 12.4. The number of hydrogen-bond donors (Lipinski definition) is 1. The molecule has 1 amide bonds. The molecule has 1 N–H and O–H groups in total. The van der Waals surface area contributed by atoms with Crippen LogP contribution >= 0.6 is 0 Å². The SMILES string of the molecule is C[C@@H]1CCC[C@@H](C)N1C(=O)COC(=O)CNS(=O)(=O)c1ccc2ccccc2c1. The Balaban J connectivity index is 1.54. The first kappa shape index (κ1) is 21.3. The maximum absolute atomic E-state index is 12.5. The molecule has 0 spiro atoms. The molecular weight excluding hydrogens is 392 g/mol. The lowest BCUT2D eigenvalue weighted by molar-refractivity contribution is -0.154. The Bertz CT molecular complexity index is 995. The van der Waals surface area contributed by atoms with Crippen LogP contribution in [0.3, 0.4) is 0 Å². The van der Waals surface area contributed by atoms with E-state index in [9.17, 15) is 18.0 Å². The highest BCUT2D eigenvalue weighted by molar-refractivity contribution is 7.89. The van der Waals surface area contributed by atoms with Gasteiger partial charge in [0.2, 0.25) is 10.0 Å². The molecule has 2 aromatic rings. The average molecular weight is 419 g/mol. The van der Waals surface area contributed by atoms with E-state index in [1.54, 1.807) is 17.0 Å². The zero-order valence-corrected chi connectivity index (χ0v) is 17.4. The van der Waals surface area contributed by atoms with Crippen LogP contribution in [0.25, 0.3) is 10.8 Å². The molecule has 29 heavy (non-hydrogen) atoms. The summed E-state index contributed by atoms with van der Waals surface area (Å²) in [7, 11) is -3.87. The van der Waals surface area contributed by atoms with Crippen molar-refractivity contribution in [2.45, 2.75) is 50.1 Å². The molecule has 1 saturated heterocycles. The van der Waals surface area contributed by atoms with Crippen LogP contribution in [0.15, 0.2) is 47.4 Å². The highest BCUT2D eigenvalue weighted by Gasteiger charge is 2.29. The quantitative estimate of drug-likeness (QED) is 0.728. The van der Waals surface area contributed by atoms with Gasteiger partial charge < -0.3 is 9.64 Å². The number of ether oxygens (including phenoxy) is 1. The minimum Gasteiger partial charge on any atom is -0.455 e.